The van der Waals surface area contributed by atoms with Crippen molar-refractivity contribution in [3.8, 4) is 0 Å². The van der Waals surface area contributed by atoms with E-state index in [-0.39, 0.29) is 6.10 Å². The molecule has 0 spiro atoms. The predicted molar refractivity (Wildman–Crippen MR) is 71.1 cm³/mol. The molecule has 1 aromatic rings. The fraction of sp³-hybridized carbons (Fsp3) is 0.571. The molecule has 0 amide bonds. The fourth-order valence-electron chi connectivity index (χ4n) is 1.58. The highest BCUT2D eigenvalue weighted by Gasteiger charge is 2.01. The molecule has 0 aliphatic heterocycles. The van der Waals surface area contributed by atoms with Gasteiger partial charge in [-0.05, 0) is 44.4 Å². The molecule has 1 aromatic carbocycles. The third kappa shape index (κ3) is 6.29. The fourth-order valence-corrected chi connectivity index (χ4v) is 1.58. The van der Waals surface area contributed by atoms with Gasteiger partial charge < -0.3 is 15.2 Å². The van der Waals surface area contributed by atoms with Crippen molar-refractivity contribution in [2.45, 2.75) is 32.8 Å². The van der Waals surface area contributed by atoms with Crippen LogP contribution in [0, 0.1) is 0 Å². The smallest absolute Gasteiger partial charge is 0.0780 e. The van der Waals surface area contributed by atoms with Gasteiger partial charge in [-0.15, -0.1) is 0 Å². The maximum atomic E-state index is 5.64. The highest BCUT2D eigenvalue weighted by molar-refractivity contribution is 5.39. The third-order valence-corrected chi connectivity index (χ3v) is 2.55. The summed E-state index contributed by atoms with van der Waals surface area (Å²) in [5, 5.41) is 0. The molecule has 0 aliphatic rings. The van der Waals surface area contributed by atoms with Crippen LogP contribution >= 0.6 is 0 Å². The first-order valence-electron chi connectivity index (χ1n) is 6.26. The molecular formula is C14H23NO2. The van der Waals surface area contributed by atoms with Crippen molar-refractivity contribution in [2.24, 2.45) is 0 Å². The van der Waals surface area contributed by atoms with Crippen LogP contribution in [0.3, 0.4) is 0 Å². The van der Waals surface area contributed by atoms with Gasteiger partial charge in [-0.1, -0.05) is 12.1 Å². The van der Waals surface area contributed by atoms with E-state index in [0.29, 0.717) is 6.61 Å². The van der Waals surface area contributed by atoms with E-state index >= 15 is 0 Å². The van der Waals surface area contributed by atoms with Crippen molar-refractivity contribution in [2.75, 3.05) is 25.6 Å². The zero-order chi connectivity index (χ0) is 12.5. The SMILES string of the molecule is CCOCC(C)OCCCc1ccc(N)cc1. The van der Waals surface area contributed by atoms with E-state index in [1.54, 1.807) is 0 Å². The number of anilines is 1. The van der Waals surface area contributed by atoms with Crippen LogP contribution in [-0.2, 0) is 15.9 Å². The largest absolute Gasteiger partial charge is 0.399 e. The molecule has 0 fully saturated rings. The molecule has 0 aliphatic carbocycles. The van der Waals surface area contributed by atoms with Gasteiger partial charge in [0.05, 0.1) is 12.7 Å². The van der Waals surface area contributed by atoms with Gasteiger partial charge in [0.1, 0.15) is 0 Å². The second-order valence-electron chi connectivity index (χ2n) is 4.19. The summed E-state index contributed by atoms with van der Waals surface area (Å²) in [6.45, 7) is 6.24. The lowest BCUT2D eigenvalue weighted by Gasteiger charge is -2.12. The van der Waals surface area contributed by atoms with Crippen molar-refractivity contribution in [1.29, 1.82) is 0 Å². The molecule has 96 valence electrons. The highest BCUT2D eigenvalue weighted by atomic mass is 16.5. The summed E-state index contributed by atoms with van der Waals surface area (Å²) in [5.41, 5.74) is 7.75. The molecule has 0 bridgehead atoms. The minimum Gasteiger partial charge on any atom is -0.399 e. The van der Waals surface area contributed by atoms with Crippen LogP contribution < -0.4 is 5.73 Å². The van der Waals surface area contributed by atoms with E-state index < -0.39 is 0 Å². The first-order valence-corrected chi connectivity index (χ1v) is 6.26. The minimum absolute atomic E-state index is 0.182. The van der Waals surface area contributed by atoms with Gasteiger partial charge >= 0.3 is 0 Å². The summed E-state index contributed by atoms with van der Waals surface area (Å²) in [4.78, 5) is 0. The number of hydrogen-bond acceptors (Lipinski definition) is 3. The second-order valence-corrected chi connectivity index (χ2v) is 4.19. The predicted octanol–water partition coefficient (Wildman–Crippen LogP) is 2.64. The summed E-state index contributed by atoms with van der Waals surface area (Å²) < 4.78 is 10.9. The van der Waals surface area contributed by atoms with Crippen molar-refractivity contribution >= 4 is 5.69 Å². The Morgan fingerprint density at radius 2 is 1.94 bits per heavy atom. The Morgan fingerprint density at radius 1 is 1.24 bits per heavy atom. The highest BCUT2D eigenvalue weighted by Crippen LogP contribution is 2.08. The molecule has 1 rings (SSSR count). The van der Waals surface area contributed by atoms with E-state index in [9.17, 15) is 0 Å². The molecule has 3 nitrogen and oxygen atoms in total. The maximum Gasteiger partial charge on any atom is 0.0780 e. The first-order chi connectivity index (χ1) is 8.22. The molecule has 2 N–H and O–H groups in total. The quantitative estimate of drug-likeness (QED) is 0.558. The van der Waals surface area contributed by atoms with Crippen LogP contribution in [0.4, 0.5) is 5.69 Å². The number of nitrogen functional groups attached to an aromatic ring is 1. The molecule has 0 heterocycles. The van der Waals surface area contributed by atoms with E-state index in [0.717, 1.165) is 31.7 Å². The van der Waals surface area contributed by atoms with Gasteiger partial charge in [0.15, 0.2) is 0 Å². The Morgan fingerprint density at radius 3 is 2.59 bits per heavy atom. The van der Waals surface area contributed by atoms with Crippen molar-refractivity contribution < 1.29 is 9.47 Å². The molecule has 1 atom stereocenters. The summed E-state index contributed by atoms with van der Waals surface area (Å²) in [6.07, 6.45) is 2.24. The minimum atomic E-state index is 0.182. The van der Waals surface area contributed by atoms with Crippen LogP contribution in [0.1, 0.15) is 25.8 Å². The molecule has 0 aromatic heterocycles. The van der Waals surface area contributed by atoms with E-state index in [2.05, 4.69) is 12.1 Å². The normalized spacial score (nSPS) is 12.6. The van der Waals surface area contributed by atoms with E-state index in [1.165, 1.54) is 5.56 Å². The molecule has 0 radical (unpaired) electrons. The lowest BCUT2D eigenvalue weighted by atomic mass is 10.1. The Kier molecular flexibility index (Phi) is 6.67. The number of hydrogen-bond donors (Lipinski definition) is 1. The number of ether oxygens (including phenoxy) is 2. The molecule has 0 saturated heterocycles. The first kappa shape index (κ1) is 14.0. The Labute approximate surface area is 104 Å². The lowest BCUT2D eigenvalue weighted by molar-refractivity contribution is -0.00396. The van der Waals surface area contributed by atoms with E-state index in [4.69, 9.17) is 15.2 Å². The number of benzene rings is 1. The van der Waals surface area contributed by atoms with Crippen molar-refractivity contribution in [1.82, 2.24) is 0 Å². The van der Waals surface area contributed by atoms with Crippen LogP contribution in [-0.4, -0.2) is 25.9 Å². The summed E-state index contributed by atoms with van der Waals surface area (Å²) in [7, 11) is 0. The number of aryl methyl sites for hydroxylation is 1. The second kappa shape index (κ2) is 8.09. The molecule has 1 unspecified atom stereocenters. The molecule has 3 heteroatoms. The van der Waals surface area contributed by atoms with Crippen LogP contribution in [0.5, 0.6) is 0 Å². The summed E-state index contributed by atoms with van der Waals surface area (Å²) in [6, 6.07) is 8.01. The average Bonchev–Trinajstić information content (AvgIpc) is 2.34. The molecule has 0 saturated carbocycles. The topological polar surface area (TPSA) is 44.5 Å². The lowest BCUT2D eigenvalue weighted by Crippen LogP contribution is -2.16. The van der Waals surface area contributed by atoms with Gasteiger partial charge in [0.25, 0.3) is 0 Å². The van der Waals surface area contributed by atoms with Gasteiger partial charge in [-0.25, -0.2) is 0 Å². The number of rotatable bonds is 8. The third-order valence-electron chi connectivity index (χ3n) is 2.55. The van der Waals surface area contributed by atoms with Gasteiger partial charge in [0, 0.05) is 18.9 Å². The summed E-state index contributed by atoms with van der Waals surface area (Å²) in [5.74, 6) is 0. The molecule has 17 heavy (non-hydrogen) atoms. The maximum absolute atomic E-state index is 5.64. The Bertz CT molecular complexity index is 298. The van der Waals surface area contributed by atoms with Crippen LogP contribution in [0.2, 0.25) is 0 Å². The van der Waals surface area contributed by atoms with Gasteiger partial charge in [-0.2, -0.15) is 0 Å². The summed E-state index contributed by atoms with van der Waals surface area (Å²) >= 11 is 0. The average molecular weight is 237 g/mol. The van der Waals surface area contributed by atoms with Crippen molar-refractivity contribution in [3.05, 3.63) is 29.8 Å². The molecular weight excluding hydrogens is 214 g/mol. The van der Waals surface area contributed by atoms with Gasteiger partial charge in [0.2, 0.25) is 0 Å². The van der Waals surface area contributed by atoms with Crippen LogP contribution in [0.25, 0.3) is 0 Å². The van der Waals surface area contributed by atoms with Crippen LogP contribution in [0.15, 0.2) is 24.3 Å². The Balaban J connectivity index is 2.09. The standard InChI is InChI=1S/C14H23NO2/c1-3-16-11-12(2)17-10-4-5-13-6-8-14(15)9-7-13/h6-9,12H,3-5,10-11,15H2,1-2H3. The van der Waals surface area contributed by atoms with Gasteiger partial charge in [-0.3, -0.25) is 0 Å². The Hall–Kier alpha value is -1.06. The monoisotopic (exact) mass is 237 g/mol. The van der Waals surface area contributed by atoms with E-state index in [1.807, 2.05) is 26.0 Å². The number of nitrogens with two attached hydrogens (primary N) is 1. The van der Waals surface area contributed by atoms with Crippen molar-refractivity contribution in [3.63, 3.8) is 0 Å². The zero-order valence-electron chi connectivity index (χ0n) is 10.8. The zero-order valence-corrected chi connectivity index (χ0v) is 10.8.